The lowest BCUT2D eigenvalue weighted by molar-refractivity contribution is -0.146. The molecular weight excluding hydrogens is 438 g/mol. The molecule has 168 valence electrons. The number of ketones is 1. The maximum absolute atomic E-state index is 13.7. The Bertz CT molecular complexity index is 1110. The summed E-state index contributed by atoms with van der Waals surface area (Å²) in [7, 11) is 4.33. The van der Waals surface area contributed by atoms with Crippen molar-refractivity contribution in [3.8, 4) is 17.2 Å². The number of hydrogen-bond donors (Lipinski definition) is 1. The number of ether oxygens (including phenoxy) is 4. The highest BCUT2D eigenvalue weighted by Crippen LogP contribution is 2.66. The Morgan fingerprint density at radius 2 is 1.69 bits per heavy atom. The third-order valence-corrected chi connectivity index (χ3v) is 6.26. The minimum Gasteiger partial charge on any atom is -0.493 e. The van der Waals surface area contributed by atoms with Gasteiger partial charge in [0.2, 0.25) is 11.7 Å². The number of carbonyl (C=O) groups is 3. The SMILES string of the molecule is CCOC(=O)[C@H]1[C@H](C(=O)c2cc(OC)c(OC)c(OC)c2)[C@]12C(=O)Nc1ccc(Cl)cc12. The molecule has 1 N–H and O–H groups in total. The maximum Gasteiger partial charge on any atom is 0.311 e. The molecule has 9 heteroatoms. The van der Waals surface area contributed by atoms with E-state index in [-0.39, 0.29) is 23.7 Å². The number of rotatable bonds is 7. The van der Waals surface area contributed by atoms with E-state index in [1.165, 1.54) is 33.5 Å². The van der Waals surface area contributed by atoms with Crippen LogP contribution in [0.15, 0.2) is 30.3 Å². The zero-order chi connectivity index (χ0) is 23.2. The first kappa shape index (κ1) is 22.0. The van der Waals surface area contributed by atoms with Crippen molar-refractivity contribution in [1.82, 2.24) is 0 Å². The van der Waals surface area contributed by atoms with Crippen LogP contribution in [0.1, 0.15) is 22.8 Å². The van der Waals surface area contributed by atoms with Crippen LogP contribution in [0.2, 0.25) is 5.02 Å². The molecule has 4 rings (SSSR count). The molecule has 2 aromatic rings. The second-order valence-electron chi connectivity index (χ2n) is 7.50. The summed E-state index contributed by atoms with van der Waals surface area (Å²) in [5, 5.41) is 3.17. The molecule has 1 amide bonds. The number of nitrogens with one attached hydrogen (secondary N) is 1. The van der Waals surface area contributed by atoms with Crippen molar-refractivity contribution in [2.24, 2.45) is 11.8 Å². The van der Waals surface area contributed by atoms with Crippen molar-refractivity contribution >= 4 is 34.9 Å². The van der Waals surface area contributed by atoms with Crippen molar-refractivity contribution in [3.63, 3.8) is 0 Å². The quantitative estimate of drug-likeness (QED) is 0.501. The van der Waals surface area contributed by atoms with E-state index in [0.29, 0.717) is 22.0 Å². The van der Waals surface area contributed by atoms with Crippen LogP contribution < -0.4 is 19.5 Å². The average molecular weight is 460 g/mol. The van der Waals surface area contributed by atoms with E-state index in [4.69, 9.17) is 30.5 Å². The minimum absolute atomic E-state index is 0.126. The van der Waals surface area contributed by atoms with E-state index in [2.05, 4.69) is 5.32 Å². The molecule has 0 aromatic heterocycles. The molecule has 1 aliphatic heterocycles. The van der Waals surface area contributed by atoms with Gasteiger partial charge in [-0.25, -0.2) is 0 Å². The van der Waals surface area contributed by atoms with Gasteiger partial charge in [0, 0.05) is 16.3 Å². The molecule has 1 heterocycles. The van der Waals surface area contributed by atoms with E-state index in [1.807, 2.05) is 0 Å². The van der Waals surface area contributed by atoms with E-state index in [9.17, 15) is 14.4 Å². The van der Waals surface area contributed by atoms with E-state index >= 15 is 0 Å². The Morgan fingerprint density at radius 3 is 2.25 bits per heavy atom. The summed E-state index contributed by atoms with van der Waals surface area (Å²) in [6, 6.07) is 7.92. The number of methoxy groups -OCH3 is 3. The summed E-state index contributed by atoms with van der Waals surface area (Å²) in [5.41, 5.74) is -0.129. The van der Waals surface area contributed by atoms with Crippen molar-refractivity contribution in [2.45, 2.75) is 12.3 Å². The van der Waals surface area contributed by atoms with Gasteiger partial charge in [-0.3, -0.25) is 14.4 Å². The van der Waals surface area contributed by atoms with Crippen molar-refractivity contribution in [2.75, 3.05) is 33.3 Å². The Kier molecular flexibility index (Phi) is 5.50. The minimum atomic E-state index is -1.38. The van der Waals surface area contributed by atoms with Crippen LogP contribution in [0, 0.1) is 11.8 Å². The highest BCUT2D eigenvalue weighted by molar-refractivity contribution is 6.31. The first-order valence-electron chi connectivity index (χ1n) is 9.97. The van der Waals surface area contributed by atoms with Crippen LogP contribution in [0.25, 0.3) is 0 Å². The van der Waals surface area contributed by atoms with Gasteiger partial charge in [-0.1, -0.05) is 11.6 Å². The Morgan fingerprint density at radius 1 is 1.03 bits per heavy atom. The van der Waals surface area contributed by atoms with Gasteiger partial charge in [0.05, 0.1) is 39.8 Å². The molecule has 1 aliphatic carbocycles. The van der Waals surface area contributed by atoms with Crippen LogP contribution in [0.3, 0.4) is 0 Å². The van der Waals surface area contributed by atoms with Crippen LogP contribution in [0.5, 0.6) is 17.2 Å². The summed E-state index contributed by atoms with van der Waals surface area (Å²) in [6.07, 6.45) is 0. The van der Waals surface area contributed by atoms with Gasteiger partial charge in [-0.05, 0) is 42.8 Å². The monoisotopic (exact) mass is 459 g/mol. The van der Waals surface area contributed by atoms with Gasteiger partial charge < -0.3 is 24.3 Å². The second-order valence-corrected chi connectivity index (χ2v) is 7.94. The molecule has 3 atom stereocenters. The highest BCUT2D eigenvalue weighted by atomic mass is 35.5. The standard InChI is InChI=1S/C23H22ClNO7/c1-5-32-21(27)18-17(23(18)13-10-12(24)6-7-14(13)25-22(23)28)19(26)11-8-15(29-2)20(31-4)16(9-11)30-3/h6-10,17-18H,5H2,1-4H3,(H,25,28)/t17-,18-,23+/m1/s1. The van der Waals surface area contributed by atoms with Crippen molar-refractivity contribution in [3.05, 3.63) is 46.5 Å². The fraction of sp³-hybridized carbons (Fsp3) is 0.348. The van der Waals surface area contributed by atoms with Gasteiger partial charge in [0.1, 0.15) is 5.41 Å². The molecular formula is C23H22ClNO7. The molecule has 1 fully saturated rings. The first-order valence-corrected chi connectivity index (χ1v) is 10.3. The predicted molar refractivity (Wildman–Crippen MR) is 116 cm³/mol. The van der Waals surface area contributed by atoms with Crippen molar-refractivity contribution in [1.29, 1.82) is 0 Å². The first-order chi connectivity index (χ1) is 15.3. The summed E-state index contributed by atoms with van der Waals surface area (Å²) in [6.45, 7) is 1.79. The molecule has 2 aromatic carbocycles. The van der Waals surface area contributed by atoms with Crippen LogP contribution >= 0.6 is 11.6 Å². The van der Waals surface area contributed by atoms with Crippen LogP contribution in [-0.4, -0.2) is 45.6 Å². The zero-order valence-corrected chi connectivity index (χ0v) is 18.7. The Balaban J connectivity index is 1.84. The molecule has 1 saturated carbocycles. The third-order valence-electron chi connectivity index (χ3n) is 6.03. The van der Waals surface area contributed by atoms with Gasteiger partial charge in [-0.15, -0.1) is 0 Å². The summed E-state index contributed by atoms with van der Waals surface area (Å²) < 4.78 is 21.2. The number of halogens is 1. The maximum atomic E-state index is 13.7. The number of hydrogen-bond acceptors (Lipinski definition) is 7. The number of fused-ring (bicyclic) bond motifs is 2. The van der Waals surface area contributed by atoms with Gasteiger partial charge in [0.25, 0.3) is 0 Å². The summed E-state index contributed by atoms with van der Waals surface area (Å²) in [5.74, 6) is -2.49. The Hall–Kier alpha value is -3.26. The molecule has 0 bridgehead atoms. The molecule has 1 spiro atoms. The van der Waals surface area contributed by atoms with E-state index < -0.39 is 34.9 Å². The topological polar surface area (TPSA) is 100 Å². The van der Waals surface area contributed by atoms with Gasteiger partial charge in [0.15, 0.2) is 17.3 Å². The molecule has 8 nitrogen and oxygen atoms in total. The fourth-order valence-electron chi connectivity index (χ4n) is 4.64. The predicted octanol–water partition coefficient (Wildman–Crippen LogP) is 3.25. The number of carbonyl (C=O) groups excluding carboxylic acids is 3. The lowest BCUT2D eigenvalue weighted by Gasteiger charge is -2.14. The molecule has 0 unspecified atom stereocenters. The number of anilines is 1. The van der Waals surface area contributed by atoms with Gasteiger partial charge >= 0.3 is 5.97 Å². The third kappa shape index (κ3) is 3.01. The van der Waals surface area contributed by atoms with Crippen molar-refractivity contribution < 1.29 is 33.3 Å². The number of amides is 1. The Labute approximate surface area is 189 Å². The second kappa shape index (κ2) is 8.02. The van der Waals surface area contributed by atoms with E-state index in [1.54, 1.807) is 25.1 Å². The average Bonchev–Trinajstić information content (AvgIpc) is 3.42. The number of esters is 1. The summed E-state index contributed by atoms with van der Waals surface area (Å²) in [4.78, 5) is 39.7. The zero-order valence-electron chi connectivity index (χ0n) is 18.0. The number of benzene rings is 2. The largest absolute Gasteiger partial charge is 0.493 e. The lowest BCUT2D eigenvalue weighted by Crippen LogP contribution is -2.26. The molecule has 0 saturated heterocycles. The lowest BCUT2D eigenvalue weighted by atomic mass is 9.91. The van der Waals surface area contributed by atoms with Crippen LogP contribution in [-0.2, 0) is 19.7 Å². The number of Topliss-reactive ketones (excluding diaryl/α,β-unsaturated/α-hetero) is 1. The smallest absolute Gasteiger partial charge is 0.311 e. The molecule has 2 aliphatic rings. The molecule has 0 radical (unpaired) electrons. The van der Waals surface area contributed by atoms with Gasteiger partial charge in [-0.2, -0.15) is 0 Å². The fourth-order valence-corrected chi connectivity index (χ4v) is 4.81. The summed E-state index contributed by atoms with van der Waals surface area (Å²) >= 11 is 6.18. The highest BCUT2D eigenvalue weighted by Gasteiger charge is 2.79. The van der Waals surface area contributed by atoms with E-state index in [0.717, 1.165) is 0 Å². The van der Waals surface area contributed by atoms with Crippen LogP contribution in [0.4, 0.5) is 5.69 Å². The normalized spacial score (nSPS) is 22.7. The molecule has 32 heavy (non-hydrogen) atoms.